The molecule has 0 saturated heterocycles. The van der Waals surface area contributed by atoms with Crippen LogP contribution in [0.5, 0.6) is 11.5 Å². The molecular weight excluding hydrogens is 1250 g/mol. The third kappa shape index (κ3) is 35.6. The van der Waals surface area contributed by atoms with Gasteiger partial charge in [-0.05, 0) is 30.3 Å². The van der Waals surface area contributed by atoms with Gasteiger partial charge in [0.1, 0.15) is 55.2 Å². The Balaban J connectivity index is -0.000000310. The smallest absolute Gasteiger partial charge is 0.339 e. The molecule has 45 nitrogen and oxygen atoms in total. The zero-order valence-corrected chi connectivity index (χ0v) is 43.9. The predicted octanol–water partition coefficient (Wildman–Crippen LogP) is -10.3. The molecule has 0 bridgehead atoms. The zero-order chi connectivity index (χ0) is 71.3. The van der Waals surface area contributed by atoms with Gasteiger partial charge in [-0.15, -0.1) is 0 Å². The van der Waals surface area contributed by atoms with E-state index in [-0.39, 0.29) is 36.4 Å². The Morgan fingerprint density at radius 3 is 1.00 bits per heavy atom. The van der Waals surface area contributed by atoms with Gasteiger partial charge in [-0.3, -0.25) is 19.2 Å². The first kappa shape index (κ1) is 87.3. The average Bonchev–Trinajstić information content (AvgIpc) is 3.26. The molecule has 0 aliphatic carbocycles. The normalized spacial score (nSPS) is 14.4. The lowest BCUT2D eigenvalue weighted by atomic mass is 10.0. The number of benzene rings is 2. The van der Waals surface area contributed by atoms with Crippen LogP contribution in [-0.4, -0.2) is 326 Å². The summed E-state index contributed by atoms with van der Waals surface area (Å²) >= 11 is 0. The van der Waals surface area contributed by atoms with E-state index >= 15 is 0 Å². The van der Waals surface area contributed by atoms with Crippen molar-refractivity contribution in [2.75, 3.05) is 19.8 Å². The number of carbonyl (C=O) groups excluding carboxylic acids is 2. The van der Waals surface area contributed by atoms with E-state index in [2.05, 4.69) is 9.47 Å². The van der Waals surface area contributed by atoms with Crippen LogP contribution in [0.1, 0.15) is 64.6 Å². The molecule has 0 heterocycles. The summed E-state index contributed by atoms with van der Waals surface area (Å²) in [4.78, 5) is 152. The number of phenolic OH excluding ortho intramolecular Hbond substituents is 2. The Kier molecular flexibility index (Phi) is 42.4. The van der Waals surface area contributed by atoms with Crippen LogP contribution >= 0.6 is 0 Å². The summed E-state index contributed by atoms with van der Waals surface area (Å²) in [6, 6.07) is 4.30. The van der Waals surface area contributed by atoms with Crippen molar-refractivity contribution in [3.8, 4) is 11.5 Å². The number of phenols is 2. The van der Waals surface area contributed by atoms with Crippen LogP contribution in [0.2, 0.25) is 0 Å². The van der Waals surface area contributed by atoms with Crippen molar-refractivity contribution in [3.05, 3.63) is 58.1 Å². The maximum absolute atomic E-state index is 10.8. The predicted molar refractivity (Wildman–Crippen MR) is 263 cm³/mol. The maximum Gasteiger partial charge on any atom is 0.339 e. The van der Waals surface area contributed by atoms with Crippen molar-refractivity contribution < 1.29 is 224 Å². The van der Waals surface area contributed by atoms with E-state index in [1.165, 1.54) is 0 Å². The number of carbonyl (C=O) groups is 15. The van der Waals surface area contributed by atoms with Gasteiger partial charge in [0.05, 0.1) is 53.4 Å². The Morgan fingerprint density at radius 2 is 0.753 bits per heavy atom. The van der Waals surface area contributed by atoms with Crippen molar-refractivity contribution in [2.45, 2.75) is 85.6 Å². The first-order valence-corrected chi connectivity index (χ1v) is 22.2. The SMILES string of the molecule is O=C(O)C(O)C(O)C(=O)O.O=C(O)[C@@H](O)[C@H](O)[C@H](O)[C@@H](O)C(=O)O.O=C(O)[C@H](O)[C@@H](O)[C@@H](O)[C@H](O)CO.O=C(O)c1cc(O)cc(C(=O)O)c1.O=C(O)c1cc(O)cc(C(=O)O)c1C(=O)O.O=COCC(O)(CC(=O)O)C(=O)O.O=COCC(O)CC(=O)O. The number of hydrogen-bond acceptors (Lipinski definition) is 32. The van der Waals surface area contributed by atoms with E-state index in [4.69, 9.17) is 143 Å². The lowest BCUT2D eigenvalue weighted by molar-refractivity contribution is -0.172. The van der Waals surface area contributed by atoms with Gasteiger partial charge in [-0.2, -0.15) is 0 Å². The highest BCUT2D eigenvalue weighted by Gasteiger charge is 2.40. The lowest BCUT2D eigenvalue weighted by Crippen LogP contribution is -2.49. The minimum Gasteiger partial charge on any atom is -0.508 e. The van der Waals surface area contributed by atoms with Crippen LogP contribution in [0.25, 0.3) is 0 Å². The molecule has 2 aromatic carbocycles. The standard InChI is InChI=1S/C9H6O7.C8H6O5.C6H10O8.C6H8O7.C6H12O7.C5H8O5.C4H6O6/c10-3-1-4(7(11)12)6(9(15)16)5(2-3)8(13)14;9-6-2-4(7(10)11)1-5(3-6)8(12)13;7-1(3(9)5(11)12)2(8)4(10)6(13)14;7-3-13-2-6(12,5(10)11)1-4(8)9;7-1-2(8)3(9)4(10)5(11)6(12)13;6-3-10-2-4(7)1-5(8)9;5-1(3(7)8)2(6)4(9)10/h1-2,10H,(H,11,12)(H,13,14)(H,15,16);1-3,9H,(H,10,11)(H,12,13);1-4,7-10H,(H,11,12)(H,13,14);3,12H,1-2H2,(H,8,9)(H,10,11);2-5,7-11H,1H2,(H,12,13);3-4,7H,1-2H2,(H,8,9);1-2,5-6H,(H,7,8)(H,9,10)/t;;1-,2+,3+,4-;;2-,3+,4+,5-;;/m....1../s1. The van der Waals surface area contributed by atoms with Crippen LogP contribution in [0, 0.1) is 0 Å². The highest BCUT2D eigenvalue weighted by molar-refractivity contribution is 6.09. The number of aromatic carboxylic acids is 5. The summed E-state index contributed by atoms with van der Waals surface area (Å²) in [5.41, 5.74) is -5.48. The second kappa shape index (κ2) is 43.2. The van der Waals surface area contributed by atoms with Gasteiger partial charge in [0, 0.05) is 0 Å². The Labute approximate surface area is 489 Å². The molecule has 2 aromatic rings. The molecule has 12 atom stereocenters. The molecule has 89 heavy (non-hydrogen) atoms. The fourth-order valence-electron chi connectivity index (χ4n) is 4.68. The quantitative estimate of drug-likeness (QED) is 0.0336. The van der Waals surface area contributed by atoms with Crippen LogP contribution in [0.15, 0.2) is 30.3 Å². The highest BCUT2D eigenvalue weighted by atomic mass is 16.5. The second-order valence-corrected chi connectivity index (χ2v) is 15.8. The molecule has 0 spiro atoms. The van der Waals surface area contributed by atoms with Gasteiger partial charge >= 0.3 is 77.6 Å². The molecule has 0 aromatic heterocycles. The second-order valence-electron chi connectivity index (χ2n) is 15.8. The van der Waals surface area contributed by atoms with Gasteiger partial charge in [-0.25, -0.2) is 52.7 Å². The van der Waals surface area contributed by atoms with Gasteiger partial charge in [0.25, 0.3) is 12.9 Å². The third-order valence-corrected chi connectivity index (χ3v) is 9.02. The molecule has 0 aliphatic heterocycles. The number of carboxylic acid groups (broad SMARTS) is 13. The van der Waals surface area contributed by atoms with Crippen LogP contribution in [0.3, 0.4) is 0 Å². The summed E-state index contributed by atoms with van der Waals surface area (Å²) in [5.74, 6) is -21.8. The Hall–Kier alpha value is -10.4. The van der Waals surface area contributed by atoms with Gasteiger partial charge < -0.3 is 152 Å². The molecule has 2 rings (SSSR count). The fraction of sp³-hybridized carbons (Fsp3) is 0.386. The summed E-state index contributed by atoms with van der Waals surface area (Å²) in [5, 5.41) is 239. The van der Waals surface area contributed by atoms with Crippen LogP contribution in [0.4, 0.5) is 0 Å². The highest BCUT2D eigenvalue weighted by Crippen LogP contribution is 2.23. The average molecular weight is 1300 g/mol. The van der Waals surface area contributed by atoms with E-state index in [0.29, 0.717) is 12.1 Å². The maximum atomic E-state index is 10.8. The summed E-state index contributed by atoms with van der Waals surface area (Å²) < 4.78 is 8.09. The van der Waals surface area contributed by atoms with E-state index < -0.39 is 199 Å². The molecule has 0 aliphatic rings. The van der Waals surface area contributed by atoms with Crippen LogP contribution < -0.4 is 0 Å². The van der Waals surface area contributed by atoms with Gasteiger partial charge in [0.15, 0.2) is 30.5 Å². The first-order valence-electron chi connectivity index (χ1n) is 22.2. The molecule has 0 saturated carbocycles. The van der Waals surface area contributed by atoms with Crippen LogP contribution in [-0.2, 0) is 57.4 Å². The minimum absolute atomic E-state index is 0.0737. The fourth-order valence-corrected chi connectivity index (χ4v) is 4.68. The van der Waals surface area contributed by atoms with E-state index in [9.17, 15) is 71.9 Å². The first-order chi connectivity index (χ1) is 40.6. The number of aliphatic carboxylic acids is 8. The summed E-state index contributed by atoms with van der Waals surface area (Å²) in [7, 11) is 0. The molecule has 45 heteroatoms. The number of carboxylic acids is 13. The van der Waals surface area contributed by atoms with E-state index in [1.54, 1.807) is 0 Å². The van der Waals surface area contributed by atoms with Crippen molar-refractivity contribution >= 4 is 90.5 Å². The van der Waals surface area contributed by atoms with Crippen molar-refractivity contribution in [2.24, 2.45) is 0 Å². The van der Waals surface area contributed by atoms with E-state index in [0.717, 1.165) is 18.2 Å². The van der Waals surface area contributed by atoms with Crippen molar-refractivity contribution in [1.82, 2.24) is 0 Å². The van der Waals surface area contributed by atoms with Crippen molar-refractivity contribution in [1.29, 1.82) is 0 Å². The molecule has 28 N–H and O–H groups in total. The number of aliphatic hydroxyl groups excluding tert-OH is 12. The Bertz CT molecular complexity index is 2630. The number of ether oxygens (including phenoxy) is 2. The summed E-state index contributed by atoms with van der Waals surface area (Å²) in [6.45, 7) is -1.92. The molecule has 502 valence electrons. The minimum atomic E-state index is -2.56. The van der Waals surface area contributed by atoms with Gasteiger partial charge in [-0.1, -0.05) is 0 Å². The molecule has 4 unspecified atom stereocenters. The topological polar surface area (TPSA) is 841 Å². The third-order valence-electron chi connectivity index (χ3n) is 9.02. The van der Waals surface area contributed by atoms with Crippen molar-refractivity contribution in [3.63, 3.8) is 0 Å². The number of rotatable bonds is 29. The largest absolute Gasteiger partial charge is 0.508 e. The Morgan fingerprint density at radius 1 is 0.427 bits per heavy atom. The molecule has 0 amide bonds. The van der Waals surface area contributed by atoms with Gasteiger partial charge in [0.2, 0.25) is 5.60 Å². The molecule has 0 radical (unpaired) electrons. The molecular formula is C44H56O45. The van der Waals surface area contributed by atoms with E-state index in [1.807, 2.05) is 0 Å². The molecule has 0 fully saturated rings. The lowest BCUT2D eigenvalue weighted by Gasteiger charge is -2.23. The number of aliphatic hydroxyl groups is 13. The monoisotopic (exact) mass is 1300 g/mol. The number of aromatic hydroxyl groups is 2. The zero-order valence-electron chi connectivity index (χ0n) is 43.9. The number of hydrogen-bond donors (Lipinski definition) is 28. The summed E-state index contributed by atoms with van der Waals surface area (Å²) in [6.07, 6.45) is -24.2.